The number of amides is 1. The molecule has 1 saturated heterocycles. The van der Waals surface area contributed by atoms with Crippen molar-refractivity contribution in [2.75, 3.05) is 6.54 Å². The van der Waals surface area contributed by atoms with Gasteiger partial charge in [0.15, 0.2) is 0 Å². The lowest BCUT2D eigenvalue weighted by Gasteiger charge is -2.41. The highest BCUT2D eigenvalue weighted by Gasteiger charge is 2.48. The minimum atomic E-state index is -3.44. The number of rotatable bonds is 5. The van der Waals surface area contributed by atoms with Gasteiger partial charge in [-0.05, 0) is 52.4 Å². The Morgan fingerprint density at radius 2 is 2.07 bits per heavy atom. The van der Waals surface area contributed by atoms with E-state index in [0.29, 0.717) is 30.8 Å². The molecule has 2 aliphatic carbocycles. The highest BCUT2D eigenvalue weighted by Crippen LogP contribution is 2.44. The standard InChI is InChI=1S/C18H28ClN3O4S/c1-11-7-12(26-20-11)9-22-10-16(19)14-4-3-13(8-15(14)17(22)23)27(24,25)21-18(2)5-6-18/h10-15,20-21H,3-9H2,1-2H3. The Morgan fingerprint density at radius 3 is 2.70 bits per heavy atom. The average molecular weight is 418 g/mol. The lowest BCUT2D eigenvalue weighted by molar-refractivity contribution is -0.138. The summed E-state index contributed by atoms with van der Waals surface area (Å²) in [4.78, 5) is 20.2. The van der Waals surface area contributed by atoms with Crippen LogP contribution < -0.4 is 10.2 Å². The maximum absolute atomic E-state index is 13.1. The number of nitrogens with zero attached hydrogens (tertiary/aromatic N) is 1. The van der Waals surface area contributed by atoms with Gasteiger partial charge in [-0.25, -0.2) is 13.1 Å². The van der Waals surface area contributed by atoms with Crippen LogP contribution in [-0.4, -0.2) is 48.7 Å². The van der Waals surface area contributed by atoms with Crippen LogP contribution in [0.25, 0.3) is 0 Å². The third-order valence-corrected chi connectivity index (χ3v) is 8.78. The zero-order valence-corrected chi connectivity index (χ0v) is 17.4. The molecular weight excluding hydrogens is 390 g/mol. The molecule has 0 spiro atoms. The van der Waals surface area contributed by atoms with Gasteiger partial charge >= 0.3 is 0 Å². The van der Waals surface area contributed by atoms with E-state index in [4.69, 9.17) is 16.4 Å². The Labute approximate surface area is 165 Å². The zero-order valence-electron chi connectivity index (χ0n) is 15.8. The van der Waals surface area contributed by atoms with E-state index in [2.05, 4.69) is 10.2 Å². The first-order chi connectivity index (χ1) is 12.7. The molecule has 1 amide bonds. The van der Waals surface area contributed by atoms with E-state index in [0.717, 1.165) is 19.3 Å². The topological polar surface area (TPSA) is 87.7 Å². The molecule has 2 N–H and O–H groups in total. The molecule has 0 aromatic rings. The third-order valence-electron chi connectivity index (χ3n) is 6.32. The van der Waals surface area contributed by atoms with E-state index in [-0.39, 0.29) is 35.4 Å². The lowest BCUT2D eigenvalue weighted by atomic mass is 9.76. The maximum Gasteiger partial charge on any atom is 0.230 e. The van der Waals surface area contributed by atoms with E-state index in [1.807, 2.05) is 13.8 Å². The van der Waals surface area contributed by atoms with E-state index in [1.54, 1.807) is 11.1 Å². The van der Waals surface area contributed by atoms with E-state index in [9.17, 15) is 13.2 Å². The minimum Gasteiger partial charge on any atom is -0.315 e. The number of hydrogen-bond donors (Lipinski definition) is 2. The van der Waals surface area contributed by atoms with Gasteiger partial charge in [-0.1, -0.05) is 11.6 Å². The summed E-state index contributed by atoms with van der Waals surface area (Å²) in [5.41, 5.74) is 2.62. The smallest absolute Gasteiger partial charge is 0.230 e. The summed E-state index contributed by atoms with van der Waals surface area (Å²) < 4.78 is 28.4. The quantitative estimate of drug-likeness (QED) is 0.712. The number of fused-ring (bicyclic) bond motifs is 1. The molecule has 7 nitrogen and oxygen atoms in total. The molecule has 2 heterocycles. The van der Waals surface area contributed by atoms with Gasteiger partial charge in [0.2, 0.25) is 15.9 Å². The van der Waals surface area contributed by atoms with Crippen molar-refractivity contribution in [1.82, 2.24) is 15.1 Å². The molecule has 152 valence electrons. The van der Waals surface area contributed by atoms with Gasteiger partial charge in [0.1, 0.15) is 0 Å². The summed E-state index contributed by atoms with van der Waals surface area (Å²) in [7, 11) is -3.44. The van der Waals surface area contributed by atoms with Crippen LogP contribution in [0.4, 0.5) is 0 Å². The molecule has 0 aromatic heterocycles. The first kappa shape index (κ1) is 19.6. The van der Waals surface area contributed by atoms with Crippen molar-refractivity contribution >= 4 is 27.5 Å². The summed E-state index contributed by atoms with van der Waals surface area (Å²) in [5.74, 6) is -0.485. The lowest BCUT2D eigenvalue weighted by Crippen LogP contribution is -2.50. The van der Waals surface area contributed by atoms with Crippen LogP contribution in [0.3, 0.4) is 0 Å². The normalized spacial score (nSPS) is 38.5. The molecule has 0 radical (unpaired) electrons. The van der Waals surface area contributed by atoms with Gasteiger partial charge in [0.05, 0.1) is 17.9 Å². The number of allylic oxidation sites excluding steroid dienone is 1. The second-order valence-corrected chi connectivity index (χ2v) is 11.3. The molecule has 27 heavy (non-hydrogen) atoms. The highest BCUT2D eigenvalue weighted by molar-refractivity contribution is 7.90. The predicted molar refractivity (Wildman–Crippen MR) is 102 cm³/mol. The van der Waals surface area contributed by atoms with Crippen LogP contribution in [0.5, 0.6) is 0 Å². The average Bonchev–Trinajstić information content (AvgIpc) is 3.17. The van der Waals surface area contributed by atoms with E-state index < -0.39 is 15.3 Å². The molecule has 0 aromatic carbocycles. The van der Waals surface area contributed by atoms with Crippen molar-refractivity contribution in [3.8, 4) is 0 Å². The molecular formula is C18H28ClN3O4S. The van der Waals surface area contributed by atoms with Crippen molar-refractivity contribution in [3.63, 3.8) is 0 Å². The SMILES string of the molecule is CC1CC(CN2C=C(Cl)C3CCC(S(=O)(=O)NC4(C)CC4)CC3C2=O)ON1. The zero-order chi connectivity index (χ0) is 19.4. The van der Waals surface area contributed by atoms with Gasteiger partial charge in [-0.15, -0.1) is 0 Å². The summed E-state index contributed by atoms with van der Waals surface area (Å²) in [6, 6.07) is 0.251. The summed E-state index contributed by atoms with van der Waals surface area (Å²) in [6.45, 7) is 4.39. The third kappa shape index (κ3) is 4.05. The first-order valence-electron chi connectivity index (χ1n) is 9.78. The van der Waals surface area contributed by atoms with Crippen LogP contribution in [-0.2, 0) is 19.7 Å². The molecule has 5 atom stereocenters. The Hall–Kier alpha value is -0.670. The number of carbonyl (C=O) groups is 1. The van der Waals surface area contributed by atoms with E-state index in [1.165, 1.54) is 0 Å². The second-order valence-electron chi connectivity index (χ2n) is 8.85. The van der Waals surface area contributed by atoms with Gasteiger partial charge in [-0.2, -0.15) is 5.48 Å². The van der Waals surface area contributed by atoms with Gasteiger partial charge in [0, 0.05) is 34.6 Å². The number of hydrogen-bond acceptors (Lipinski definition) is 5. The highest BCUT2D eigenvalue weighted by atomic mass is 35.5. The van der Waals surface area contributed by atoms with Crippen molar-refractivity contribution in [3.05, 3.63) is 11.2 Å². The van der Waals surface area contributed by atoms with Crippen molar-refractivity contribution < 1.29 is 18.0 Å². The Bertz CT molecular complexity index is 752. The largest absolute Gasteiger partial charge is 0.315 e. The van der Waals surface area contributed by atoms with Crippen molar-refractivity contribution in [1.29, 1.82) is 0 Å². The maximum atomic E-state index is 13.1. The van der Waals surface area contributed by atoms with Crippen LogP contribution in [0.2, 0.25) is 0 Å². The summed E-state index contributed by atoms with van der Waals surface area (Å²) in [6.07, 6.45) is 5.70. The fraction of sp³-hybridized carbons (Fsp3) is 0.833. The van der Waals surface area contributed by atoms with Crippen LogP contribution in [0, 0.1) is 11.8 Å². The Kier molecular flexibility index (Phi) is 5.08. The molecule has 2 aliphatic heterocycles. The van der Waals surface area contributed by atoms with Crippen molar-refractivity contribution in [2.24, 2.45) is 11.8 Å². The van der Waals surface area contributed by atoms with Gasteiger partial charge in [0.25, 0.3) is 0 Å². The summed E-state index contributed by atoms with van der Waals surface area (Å²) >= 11 is 6.49. The molecule has 0 bridgehead atoms. The second kappa shape index (κ2) is 6.99. The number of nitrogens with one attached hydrogen (secondary N) is 2. The molecule has 4 rings (SSSR count). The molecule has 5 unspecified atom stereocenters. The number of halogens is 1. The fourth-order valence-electron chi connectivity index (χ4n) is 4.43. The number of hydroxylamine groups is 1. The Morgan fingerprint density at radius 1 is 1.33 bits per heavy atom. The van der Waals surface area contributed by atoms with Crippen molar-refractivity contribution in [2.45, 2.75) is 75.3 Å². The summed E-state index contributed by atoms with van der Waals surface area (Å²) in [5, 5.41) is 0.116. The molecule has 9 heteroatoms. The Balaban J connectivity index is 1.47. The van der Waals surface area contributed by atoms with Crippen LogP contribution in [0.15, 0.2) is 11.2 Å². The molecule has 4 aliphatic rings. The van der Waals surface area contributed by atoms with Crippen LogP contribution in [0.1, 0.15) is 52.4 Å². The van der Waals surface area contributed by atoms with Gasteiger partial charge < -0.3 is 4.90 Å². The molecule has 3 fully saturated rings. The first-order valence-corrected chi connectivity index (χ1v) is 11.7. The monoisotopic (exact) mass is 417 g/mol. The van der Waals surface area contributed by atoms with E-state index >= 15 is 0 Å². The molecule has 2 saturated carbocycles. The number of carbonyl (C=O) groups excluding carboxylic acids is 1. The number of sulfonamides is 1. The van der Waals surface area contributed by atoms with Gasteiger partial charge in [-0.3, -0.25) is 9.63 Å². The van der Waals surface area contributed by atoms with Crippen LogP contribution >= 0.6 is 11.6 Å². The fourth-order valence-corrected chi connectivity index (χ4v) is 6.77. The predicted octanol–water partition coefficient (Wildman–Crippen LogP) is 1.85. The minimum absolute atomic E-state index is 0.0370.